The molecule has 0 saturated carbocycles. The first-order valence-corrected chi connectivity index (χ1v) is 5.87. The molecule has 0 heterocycles. The molecule has 0 aliphatic rings. The Labute approximate surface area is 78.5 Å². The fourth-order valence-corrected chi connectivity index (χ4v) is 2.27. The van der Waals surface area contributed by atoms with E-state index in [1.165, 1.54) is 12.2 Å². The first kappa shape index (κ1) is 12.8. The van der Waals surface area contributed by atoms with Gasteiger partial charge in [-0.2, -0.15) is 0 Å². The van der Waals surface area contributed by atoms with Crippen LogP contribution in [-0.2, 0) is 13.6 Å². The molecule has 0 aromatic heterocycles. The van der Waals surface area contributed by atoms with Crippen LogP contribution < -0.4 is 0 Å². The summed E-state index contributed by atoms with van der Waals surface area (Å²) in [7, 11) is -3.58. The van der Waals surface area contributed by atoms with Crippen molar-refractivity contribution >= 4 is 7.60 Å². The highest BCUT2D eigenvalue weighted by Crippen LogP contribution is 2.54. The Morgan fingerprint density at radius 3 is 2.15 bits per heavy atom. The van der Waals surface area contributed by atoms with E-state index in [2.05, 4.69) is 0 Å². The lowest BCUT2D eigenvalue weighted by atomic mass is 10.6. The van der Waals surface area contributed by atoms with Crippen LogP contribution in [0.1, 0.15) is 20.8 Å². The number of alkyl halides is 1. The summed E-state index contributed by atoms with van der Waals surface area (Å²) in [5.74, 6) is -1.67. The van der Waals surface area contributed by atoms with Gasteiger partial charge in [-0.05, 0) is 26.8 Å². The molecule has 0 N–H and O–H groups in total. The molecule has 1 atom stereocenters. The zero-order valence-electron chi connectivity index (χ0n) is 8.20. The Bertz CT molecular complexity index is 196. The van der Waals surface area contributed by atoms with Crippen molar-refractivity contribution in [2.24, 2.45) is 0 Å². The molecule has 0 radical (unpaired) electrons. The molecule has 0 amide bonds. The molecular weight excluding hydrogens is 194 g/mol. The minimum atomic E-state index is -3.58. The molecule has 0 aromatic rings. The highest BCUT2D eigenvalue weighted by atomic mass is 31.2. The predicted molar refractivity (Wildman–Crippen MR) is 50.6 cm³/mol. The Morgan fingerprint density at radius 2 is 1.85 bits per heavy atom. The van der Waals surface area contributed by atoms with Crippen molar-refractivity contribution in [1.29, 1.82) is 0 Å². The van der Waals surface area contributed by atoms with Crippen LogP contribution in [0.25, 0.3) is 0 Å². The van der Waals surface area contributed by atoms with Gasteiger partial charge in [0.05, 0.1) is 13.2 Å². The summed E-state index contributed by atoms with van der Waals surface area (Å²) in [5, 5.41) is 0. The largest absolute Gasteiger partial charge is 0.368 e. The molecule has 3 nitrogen and oxygen atoms in total. The van der Waals surface area contributed by atoms with Crippen LogP contribution in [0.15, 0.2) is 12.2 Å². The highest BCUT2D eigenvalue weighted by Gasteiger charge is 2.33. The maximum Gasteiger partial charge on any atom is 0.368 e. The predicted octanol–water partition coefficient (Wildman–Crippen LogP) is 3.12. The fourth-order valence-electron chi connectivity index (χ4n) is 0.804. The lowest BCUT2D eigenvalue weighted by Crippen LogP contribution is -2.05. The number of rotatable bonds is 6. The minimum Gasteiger partial charge on any atom is -0.307 e. The zero-order chi connectivity index (χ0) is 10.3. The third-order valence-electron chi connectivity index (χ3n) is 1.27. The van der Waals surface area contributed by atoms with Gasteiger partial charge in [0.1, 0.15) is 0 Å². The van der Waals surface area contributed by atoms with Crippen LogP contribution in [-0.4, -0.2) is 19.1 Å². The monoisotopic (exact) mass is 210 g/mol. The van der Waals surface area contributed by atoms with Gasteiger partial charge in [-0.3, -0.25) is 4.57 Å². The average molecular weight is 210 g/mol. The second kappa shape index (κ2) is 6.30. The summed E-state index contributed by atoms with van der Waals surface area (Å²) >= 11 is 0. The Balaban J connectivity index is 4.46. The van der Waals surface area contributed by atoms with Crippen molar-refractivity contribution in [1.82, 2.24) is 0 Å². The number of hydrogen-bond acceptors (Lipinski definition) is 3. The molecule has 0 aromatic carbocycles. The molecule has 13 heavy (non-hydrogen) atoms. The van der Waals surface area contributed by atoms with Gasteiger partial charge >= 0.3 is 7.60 Å². The Morgan fingerprint density at radius 1 is 1.38 bits per heavy atom. The standard InChI is InChI=1S/C8H16FO3P/c1-4-7-8(9)13(10,11-5-2)12-6-3/h4,7-8H,5-6H2,1-3H3/b7-4-. The highest BCUT2D eigenvalue weighted by molar-refractivity contribution is 7.54. The molecular formula is C8H16FO3P. The number of allylic oxidation sites excluding steroid dienone is 2. The van der Waals surface area contributed by atoms with E-state index in [1.807, 2.05) is 0 Å². The molecule has 0 aliphatic heterocycles. The Kier molecular flexibility index (Phi) is 6.21. The van der Waals surface area contributed by atoms with Crippen LogP contribution >= 0.6 is 7.60 Å². The van der Waals surface area contributed by atoms with Gasteiger partial charge in [0.2, 0.25) is 5.91 Å². The smallest absolute Gasteiger partial charge is 0.307 e. The van der Waals surface area contributed by atoms with E-state index >= 15 is 0 Å². The molecule has 78 valence electrons. The number of hydrogen-bond donors (Lipinski definition) is 0. The van der Waals surface area contributed by atoms with Crippen LogP contribution in [0, 0.1) is 0 Å². The molecule has 0 spiro atoms. The molecule has 0 fully saturated rings. The summed E-state index contributed by atoms with van der Waals surface area (Å²) in [4.78, 5) is 0. The van der Waals surface area contributed by atoms with Gasteiger partial charge in [-0.25, -0.2) is 4.39 Å². The fraction of sp³-hybridized carbons (Fsp3) is 0.750. The van der Waals surface area contributed by atoms with E-state index in [1.54, 1.807) is 20.8 Å². The first-order valence-electron chi connectivity index (χ1n) is 4.26. The molecule has 0 aliphatic carbocycles. The summed E-state index contributed by atoms with van der Waals surface area (Å²) in [6.07, 6.45) is 2.65. The lowest BCUT2D eigenvalue weighted by molar-refractivity contribution is 0.199. The molecule has 0 saturated heterocycles. The van der Waals surface area contributed by atoms with Crippen LogP contribution in [0.3, 0.4) is 0 Å². The normalized spacial score (nSPS) is 15.1. The summed E-state index contributed by atoms with van der Waals surface area (Å²) in [6.45, 7) is 5.29. The van der Waals surface area contributed by atoms with E-state index in [9.17, 15) is 8.96 Å². The average Bonchev–Trinajstić information content (AvgIpc) is 2.05. The Hall–Kier alpha value is -0.180. The SMILES string of the molecule is C/C=C\C(F)P(=O)(OCC)OCC. The minimum absolute atomic E-state index is 0.176. The second-order valence-corrected chi connectivity index (χ2v) is 4.36. The van der Waals surface area contributed by atoms with Gasteiger partial charge < -0.3 is 9.05 Å². The zero-order valence-corrected chi connectivity index (χ0v) is 9.09. The maximum atomic E-state index is 13.2. The summed E-state index contributed by atoms with van der Waals surface area (Å²) in [5.41, 5.74) is 0. The lowest BCUT2D eigenvalue weighted by Gasteiger charge is -2.18. The van der Waals surface area contributed by atoms with Crippen molar-refractivity contribution in [3.05, 3.63) is 12.2 Å². The van der Waals surface area contributed by atoms with Gasteiger partial charge in [-0.15, -0.1) is 0 Å². The van der Waals surface area contributed by atoms with Gasteiger partial charge in [0.15, 0.2) is 0 Å². The van der Waals surface area contributed by atoms with E-state index in [4.69, 9.17) is 9.05 Å². The third-order valence-corrected chi connectivity index (χ3v) is 3.28. The van der Waals surface area contributed by atoms with Crippen LogP contribution in [0.4, 0.5) is 4.39 Å². The van der Waals surface area contributed by atoms with Crippen molar-refractivity contribution in [2.45, 2.75) is 26.7 Å². The summed E-state index contributed by atoms with van der Waals surface area (Å²) < 4.78 is 34.4. The van der Waals surface area contributed by atoms with E-state index in [0.717, 1.165) is 0 Å². The molecule has 0 bridgehead atoms. The summed E-state index contributed by atoms with van der Waals surface area (Å²) in [6, 6.07) is 0. The van der Waals surface area contributed by atoms with Gasteiger partial charge in [-0.1, -0.05) is 6.08 Å². The molecule has 0 rings (SSSR count). The van der Waals surface area contributed by atoms with Crippen molar-refractivity contribution in [2.75, 3.05) is 13.2 Å². The molecule has 5 heteroatoms. The van der Waals surface area contributed by atoms with E-state index in [-0.39, 0.29) is 13.2 Å². The van der Waals surface area contributed by atoms with Gasteiger partial charge in [0.25, 0.3) is 0 Å². The van der Waals surface area contributed by atoms with Crippen molar-refractivity contribution in [3.63, 3.8) is 0 Å². The third kappa shape index (κ3) is 4.03. The van der Waals surface area contributed by atoms with E-state index < -0.39 is 13.5 Å². The molecule has 1 unspecified atom stereocenters. The maximum absolute atomic E-state index is 13.2. The van der Waals surface area contributed by atoms with Crippen LogP contribution in [0.2, 0.25) is 0 Å². The first-order chi connectivity index (χ1) is 6.10. The van der Waals surface area contributed by atoms with Gasteiger partial charge in [0, 0.05) is 0 Å². The van der Waals surface area contributed by atoms with Crippen molar-refractivity contribution < 1.29 is 18.0 Å². The van der Waals surface area contributed by atoms with Crippen molar-refractivity contribution in [3.8, 4) is 0 Å². The topological polar surface area (TPSA) is 35.5 Å². The van der Waals surface area contributed by atoms with E-state index in [0.29, 0.717) is 0 Å². The second-order valence-electron chi connectivity index (χ2n) is 2.27. The number of halogens is 1. The van der Waals surface area contributed by atoms with Crippen LogP contribution in [0.5, 0.6) is 0 Å². The quantitative estimate of drug-likeness (QED) is 0.499.